The molecule has 2 heterocycles. The van der Waals surface area contributed by atoms with Crippen LogP contribution in [0.1, 0.15) is 22.7 Å². The maximum absolute atomic E-state index is 13.4. The quantitative estimate of drug-likeness (QED) is 0.759. The van der Waals surface area contributed by atoms with E-state index >= 15 is 0 Å². The first-order valence-electron chi connectivity index (χ1n) is 10.3. The standard InChI is InChI=1S/C22H28FN3O3S/c1-16-13-19(23)4-6-22(16)30(27,28)24-15-21(26-9-11-29-12-10-26)17-3-5-20-18(14-17)7-8-25(20)2/h3-6,13-14,21,24H,7-12,15H2,1-2H3. The van der Waals surface area contributed by atoms with Crippen LogP contribution in [0.2, 0.25) is 0 Å². The highest BCUT2D eigenvalue weighted by atomic mass is 32.2. The molecule has 0 radical (unpaired) electrons. The summed E-state index contributed by atoms with van der Waals surface area (Å²) >= 11 is 0. The van der Waals surface area contributed by atoms with Gasteiger partial charge in [0.05, 0.1) is 18.1 Å². The van der Waals surface area contributed by atoms with Gasteiger partial charge in [0, 0.05) is 45.0 Å². The fourth-order valence-corrected chi connectivity index (χ4v) is 5.58. The summed E-state index contributed by atoms with van der Waals surface area (Å²) in [7, 11) is -1.67. The predicted octanol–water partition coefficient (Wildman–Crippen LogP) is 2.48. The van der Waals surface area contributed by atoms with Crippen LogP contribution in [0, 0.1) is 12.7 Å². The van der Waals surface area contributed by atoms with Gasteiger partial charge in [-0.15, -0.1) is 0 Å². The summed E-state index contributed by atoms with van der Waals surface area (Å²) in [6.45, 7) is 5.61. The maximum Gasteiger partial charge on any atom is 0.240 e. The summed E-state index contributed by atoms with van der Waals surface area (Å²) in [5.41, 5.74) is 4.03. The van der Waals surface area contributed by atoms with Gasteiger partial charge in [0.1, 0.15) is 5.82 Å². The smallest absolute Gasteiger partial charge is 0.240 e. The van der Waals surface area contributed by atoms with Gasteiger partial charge in [0.25, 0.3) is 0 Å². The van der Waals surface area contributed by atoms with Crippen LogP contribution in [0.3, 0.4) is 0 Å². The van der Waals surface area contributed by atoms with E-state index < -0.39 is 15.8 Å². The number of fused-ring (bicyclic) bond motifs is 1. The SMILES string of the molecule is Cc1cc(F)ccc1S(=O)(=O)NCC(c1ccc2c(c1)CCN2C)N1CCOCC1. The Bertz CT molecular complexity index is 1020. The number of nitrogens with zero attached hydrogens (tertiary/aromatic N) is 2. The average Bonchev–Trinajstić information content (AvgIpc) is 3.09. The van der Waals surface area contributed by atoms with Crippen LogP contribution in [0.15, 0.2) is 41.3 Å². The molecule has 4 rings (SSSR count). The monoisotopic (exact) mass is 433 g/mol. The molecule has 0 saturated carbocycles. The van der Waals surface area contributed by atoms with Crippen molar-refractivity contribution in [3.63, 3.8) is 0 Å². The fourth-order valence-electron chi connectivity index (χ4n) is 4.32. The highest BCUT2D eigenvalue weighted by Crippen LogP contribution is 2.31. The molecule has 0 aliphatic carbocycles. The van der Waals surface area contributed by atoms with Gasteiger partial charge < -0.3 is 9.64 Å². The second kappa shape index (κ2) is 8.63. The number of halogens is 1. The Morgan fingerprint density at radius 1 is 1.13 bits per heavy atom. The molecule has 8 heteroatoms. The predicted molar refractivity (Wildman–Crippen MR) is 115 cm³/mol. The summed E-state index contributed by atoms with van der Waals surface area (Å²) in [5.74, 6) is -0.444. The number of rotatable bonds is 6. The number of aryl methyl sites for hydroxylation is 1. The van der Waals surface area contributed by atoms with Gasteiger partial charge in [-0.25, -0.2) is 17.5 Å². The Labute approximate surface area is 177 Å². The molecule has 2 aromatic rings. The van der Waals surface area contributed by atoms with E-state index in [2.05, 4.69) is 39.8 Å². The van der Waals surface area contributed by atoms with Gasteiger partial charge in [-0.1, -0.05) is 12.1 Å². The lowest BCUT2D eigenvalue weighted by atomic mass is 10.0. The van der Waals surface area contributed by atoms with E-state index in [-0.39, 0.29) is 17.5 Å². The van der Waals surface area contributed by atoms with Crippen LogP contribution in [-0.2, 0) is 21.2 Å². The van der Waals surface area contributed by atoms with E-state index in [0.717, 1.165) is 31.6 Å². The number of benzene rings is 2. The second-order valence-corrected chi connectivity index (χ2v) is 9.72. The van der Waals surface area contributed by atoms with E-state index in [1.807, 2.05) is 0 Å². The number of hydrogen-bond donors (Lipinski definition) is 1. The van der Waals surface area contributed by atoms with Crippen LogP contribution in [0.4, 0.5) is 10.1 Å². The fraction of sp³-hybridized carbons (Fsp3) is 0.455. The molecule has 0 amide bonds. The third kappa shape index (κ3) is 4.37. The van der Waals surface area contributed by atoms with Gasteiger partial charge in [0.2, 0.25) is 10.0 Å². The Balaban J connectivity index is 1.59. The molecule has 0 spiro atoms. The summed E-state index contributed by atoms with van der Waals surface area (Å²) in [5, 5.41) is 0. The zero-order valence-corrected chi connectivity index (χ0v) is 18.2. The van der Waals surface area contributed by atoms with Crippen molar-refractivity contribution in [2.24, 2.45) is 0 Å². The third-order valence-corrected chi connectivity index (χ3v) is 7.58. The molecule has 2 aliphatic rings. The van der Waals surface area contributed by atoms with Crippen LogP contribution < -0.4 is 9.62 Å². The topological polar surface area (TPSA) is 61.9 Å². The van der Waals surface area contributed by atoms with Gasteiger partial charge >= 0.3 is 0 Å². The van der Waals surface area contributed by atoms with Gasteiger partial charge in [-0.2, -0.15) is 0 Å². The zero-order valence-electron chi connectivity index (χ0n) is 17.4. The number of anilines is 1. The van der Waals surface area contributed by atoms with Crippen LogP contribution in [-0.4, -0.2) is 59.8 Å². The number of ether oxygens (including phenoxy) is 1. The van der Waals surface area contributed by atoms with Crippen molar-refractivity contribution in [1.82, 2.24) is 9.62 Å². The highest BCUT2D eigenvalue weighted by molar-refractivity contribution is 7.89. The first-order chi connectivity index (χ1) is 14.3. The molecule has 0 bridgehead atoms. The Kier molecular flexibility index (Phi) is 6.11. The summed E-state index contributed by atoms with van der Waals surface area (Å²) in [6.07, 6.45) is 0.996. The Morgan fingerprint density at radius 2 is 1.90 bits per heavy atom. The average molecular weight is 434 g/mol. The molecule has 2 aromatic carbocycles. The third-order valence-electron chi connectivity index (χ3n) is 6.00. The summed E-state index contributed by atoms with van der Waals surface area (Å²) in [6, 6.07) is 10.1. The molecule has 1 saturated heterocycles. The van der Waals surface area contributed by atoms with Gasteiger partial charge in [0.15, 0.2) is 0 Å². The number of nitrogens with one attached hydrogen (secondary N) is 1. The number of hydrogen-bond acceptors (Lipinski definition) is 5. The molecule has 1 fully saturated rings. The maximum atomic E-state index is 13.4. The molecule has 30 heavy (non-hydrogen) atoms. The van der Waals surface area contributed by atoms with Crippen LogP contribution >= 0.6 is 0 Å². The molecule has 6 nitrogen and oxygen atoms in total. The minimum absolute atomic E-state index is 0.0966. The number of sulfonamides is 1. The van der Waals surface area contributed by atoms with E-state index in [1.165, 1.54) is 29.4 Å². The molecular weight excluding hydrogens is 405 g/mol. The summed E-state index contributed by atoms with van der Waals surface area (Å²) in [4.78, 5) is 4.62. The van der Waals surface area contributed by atoms with Gasteiger partial charge in [-0.05, 0) is 54.3 Å². The molecular formula is C22H28FN3O3S. The van der Waals surface area contributed by atoms with Crippen LogP contribution in [0.25, 0.3) is 0 Å². The first-order valence-corrected chi connectivity index (χ1v) is 11.7. The minimum Gasteiger partial charge on any atom is -0.379 e. The summed E-state index contributed by atoms with van der Waals surface area (Å²) < 4.78 is 47.5. The molecule has 1 atom stereocenters. The first kappa shape index (κ1) is 21.2. The van der Waals surface area contributed by atoms with Crippen molar-refractivity contribution >= 4 is 15.7 Å². The van der Waals surface area contributed by atoms with E-state index in [9.17, 15) is 12.8 Å². The van der Waals surface area contributed by atoms with E-state index in [0.29, 0.717) is 18.8 Å². The van der Waals surface area contributed by atoms with Crippen molar-refractivity contribution in [2.75, 3.05) is 51.3 Å². The van der Waals surface area contributed by atoms with E-state index in [1.54, 1.807) is 6.92 Å². The Hall–Kier alpha value is -2.00. The molecule has 162 valence electrons. The van der Waals surface area contributed by atoms with Crippen molar-refractivity contribution in [1.29, 1.82) is 0 Å². The minimum atomic E-state index is -3.75. The van der Waals surface area contributed by atoms with Crippen molar-refractivity contribution in [3.8, 4) is 0 Å². The highest BCUT2D eigenvalue weighted by Gasteiger charge is 2.27. The number of likely N-dealkylation sites (N-methyl/N-ethyl adjacent to an activating group) is 1. The molecule has 2 aliphatic heterocycles. The van der Waals surface area contributed by atoms with Crippen molar-refractivity contribution in [3.05, 3.63) is 58.9 Å². The Morgan fingerprint density at radius 3 is 2.63 bits per heavy atom. The molecule has 1 unspecified atom stereocenters. The van der Waals surface area contributed by atoms with Crippen molar-refractivity contribution < 1.29 is 17.5 Å². The number of morpholine rings is 1. The van der Waals surface area contributed by atoms with Crippen molar-refractivity contribution in [2.45, 2.75) is 24.3 Å². The van der Waals surface area contributed by atoms with E-state index in [4.69, 9.17) is 4.74 Å². The largest absolute Gasteiger partial charge is 0.379 e. The lowest BCUT2D eigenvalue weighted by Gasteiger charge is -2.35. The zero-order chi connectivity index (χ0) is 21.3. The van der Waals surface area contributed by atoms with Crippen LogP contribution in [0.5, 0.6) is 0 Å². The van der Waals surface area contributed by atoms with Gasteiger partial charge in [-0.3, -0.25) is 4.90 Å². The second-order valence-electron chi connectivity index (χ2n) is 7.99. The normalized spacial score (nSPS) is 18.4. The molecule has 1 N–H and O–H groups in total. The lowest BCUT2D eigenvalue weighted by Crippen LogP contribution is -2.43. The molecule has 0 aromatic heterocycles. The lowest BCUT2D eigenvalue weighted by molar-refractivity contribution is 0.0172.